The molecule has 4 heteroatoms. The molecule has 98 valence electrons. The number of hydrogen-bond donors (Lipinski definition) is 2. The van der Waals surface area contributed by atoms with Crippen molar-refractivity contribution in [2.24, 2.45) is 0 Å². The lowest BCUT2D eigenvalue weighted by Gasteiger charge is -2.24. The summed E-state index contributed by atoms with van der Waals surface area (Å²) < 4.78 is 13.7. The van der Waals surface area contributed by atoms with Gasteiger partial charge in [0.05, 0.1) is 5.54 Å². The first-order valence-electron chi connectivity index (χ1n) is 6.18. The fraction of sp³-hybridized carbons (Fsp3) is 0.500. The summed E-state index contributed by atoms with van der Waals surface area (Å²) in [6, 6.07) is 6.37. The Bertz CT molecular complexity index is 461. The summed E-state index contributed by atoms with van der Waals surface area (Å²) in [4.78, 5) is 11.9. The number of rotatable bonds is 2. The molecule has 0 heterocycles. The zero-order valence-electron chi connectivity index (χ0n) is 11.0. The van der Waals surface area contributed by atoms with Gasteiger partial charge in [-0.3, -0.25) is 0 Å². The van der Waals surface area contributed by atoms with Gasteiger partial charge in [-0.15, -0.1) is 0 Å². The van der Waals surface area contributed by atoms with Crippen LogP contribution in [0.15, 0.2) is 24.3 Å². The normalized spacial score (nSPS) is 17.1. The fourth-order valence-corrected chi connectivity index (χ4v) is 2.03. The largest absolute Gasteiger partial charge is 0.334 e. The Morgan fingerprint density at radius 2 is 1.89 bits per heavy atom. The van der Waals surface area contributed by atoms with E-state index in [-0.39, 0.29) is 17.4 Å². The average molecular weight is 250 g/mol. The number of hydrogen-bond acceptors (Lipinski definition) is 1. The molecule has 0 bridgehead atoms. The summed E-state index contributed by atoms with van der Waals surface area (Å²) in [6.07, 6.45) is 1.57. The smallest absolute Gasteiger partial charge is 0.315 e. The van der Waals surface area contributed by atoms with Gasteiger partial charge in [0, 0.05) is 11.1 Å². The van der Waals surface area contributed by atoms with Crippen molar-refractivity contribution < 1.29 is 9.18 Å². The third-order valence-electron chi connectivity index (χ3n) is 2.98. The van der Waals surface area contributed by atoms with Crippen LogP contribution >= 0.6 is 0 Å². The van der Waals surface area contributed by atoms with Gasteiger partial charge in [-0.05, 0) is 39.7 Å². The number of halogens is 1. The highest BCUT2D eigenvalue weighted by Gasteiger charge is 2.47. The third kappa shape index (κ3) is 2.81. The van der Waals surface area contributed by atoms with Crippen LogP contribution in [0, 0.1) is 5.82 Å². The van der Waals surface area contributed by atoms with Gasteiger partial charge in [0.2, 0.25) is 0 Å². The lowest BCUT2D eigenvalue weighted by molar-refractivity contribution is 0.226. The van der Waals surface area contributed by atoms with Crippen molar-refractivity contribution in [2.75, 3.05) is 0 Å². The second kappa shape index (κ2) is 4.26. The molecule has 0 unspecified atom stereocenters. The quantitative estimate of drug-likeness (QED) is 0.832. The van der Waals surface area contributed by atoms with E-state index >= 15 is 0 Å². The molecule has 3 nitrogen and oxygen atoms in total. The summed E-state index contributed by atoms with van der Waals surface area (Å²) in [5.74, 6) is -0.258. The topological polar surface area (TPSA) is 41.1 Å². The summed E-state index contributed by atoms with van der Waals surface area (Å²) in [5.41, 5.74) is -0.232. The van der Waals surface area contributed by atoms with Crippen LogP contribution in [0.3, 0.4) is 0 Å². The lowest BCUT2D eigenvalue weighted by atomic mass is 10.0. The summed E-state index contributed by atoms with van der Waals surface area (Å²) >= 11 is 0. The molecule has 1 aromatic rings. The van der Waals surface area contributed by atoms with Crippen LogP contribution in [0.2, 0.25) is 0 Å². The van der Waals surface area contributed by atoms with Crippen molar-refractivity contribution >= 4 is 6.03 Å². The second-order valence-corrected chi connectivity index (χ2v) is 5.89. The van der Waals surface area contributed by atoms with Gasteiger partial charge in [0.1, 0.15) is 5.82 Å². The molecule has 2 rings (SSSR count). The molecule has 0 aromatic heterocycles. The molecular formula is C14H19FN2O. The Balaban J connectivity index is 2.10. The van der Waals surface area contributed by atoms with E-state index < -0.39 is 5.54 Å². The van der Waals surface area contributed by atoms with E-state index in [4.69, 9.17) is 0 Å². The van der Waals surface area contributed by atoms with Crippen LogP contribution in [-0.4, -0.2) is 11.6 Å². The molecule has 0 radical (unpaired) electrons. The van der Waals surface area contributed by atoms with Crippen LogP contribution < -0.4 is 10.6 Å². The molecular weight excluding hydrogens is 231 g/mol. The van der Waals surface area contributed by atoms with Crippen molar-refractivity contribution in [1.82, 2.24) is 10.6 Å². The van der Waals surface area contributed by atoms with E-state index in [0.29, 0.717) is 5.56 Å². The van der Waals surface area contributed by atoms with Crippen LogP contribution in [0.25, 0.3) is 0 Å². The summed E-state index contributed by atoms with van der Waals surface area (Å²) in [7, 11) is 0. The molecule has 0 spiro atoms. The monoisotopic (exact) mass is 250 g/mol. The average Bonchev–Trinajstić information content (AvgIpc) is 2.96. The van der Waals surface area contributed by atoms with Crippen LogP contribution in [0.5, 0.6) is 0 Å². The minimum Gasteiger partial charge on any atom is -0.334 e. The molecule has 2 N–H and O–H groups in total. The van der Waals surface area contributed by atoms with E-state index in [1.807, 2.05) is 20.8 Å². The summed E-state index contributed by atoms with van der Waals surface area (Å²) in [6.45, 7) is 5.74. The Kier molecular flexibility index (Phi) is 3.05. The maximum absolute atomic E-state index is 13.7. The van der Waals surface area contributed by atoms with Crippen molar-refractivity contribution in [1.29, 1.82) is 0 Å². The standard InChI is InChI=1S/C14H19FN2O/c1-13(2,3)16-12(18)17-14(8-9-14)10-6-4-5-7-11(10)15/h4-7H,8-9H2,1-3H3,(H2,16,17,18). The van der Waals surface area contributed by atoms with Gasteiger partial charge in [-0.2, -0.15) is 0 Å². The molecule has 0 atom stereocenters. The van der Waals surface area contributed by atoms with Crippen LogP contribution in [-0.2, 0) is 5.54 Å². The van der Waals surface area contributed by atoms with Crippen molar-refractivity contribution in [3.8, 4) is 0 Å². The highest BCUT2D eigenvalue weighted by Crippen LogP contribution is 2.46. The van der Waals surface area contributed by atoms with Gasteiger partial charge in [-0.25, -0.2) is 9.18 Å². The maximum Gasteiger partial charge on any atom is 0.315 e. The molecule has 1 saturated carbocycles. The van der Waals surface area contributed by atoms with Crippen LogP contribution in [0.1, 0.15) is 39.2 Å². The van der Waals surface area contributed by atoms with E-state index in [0.717, 1.165) is 12.8 Å². The van der Waals surface area contributed by atoms with Crippen LogP contribution in [0.4, 0.5) is 9.18 Å². The SMILES string of the molecule is CC(C)(C)NC(=O)NC1(c2ccccc2F)CC1. The third-order valence-corrected chi connectivity index (χ3v) is 2.98. The van der Waals surface area contributed by atoms with Gasteiger partial charge < -0.3 is 10.6 Å². The van der Waals surface area contributed by atoms with Crippen molar-refractivity contribution in [3.63, 3.8) is 0 Å². The number of nitrogens with one attached hydrogen (secondary N) is 2. The Hall–Kier alpha value is -1.58. The Labute approximate surface area is 107 Å². The first-order chi connectivity index (χ1) is 8.32. The molecule has 1 aliphatic carbocycles. The fourth-order valence-electron chi connectivity index (χ4n) is 2.03. The number of carbonyl (C=O) groups is 1. The zero-order chi connectivity index (χ0) is 13.4. The minimum absolute atomic E-state index is 0.247. The first-order valence-corrected chi connectivity index (χ1v) is 6.18. The van der Waals surface area contributed by atoms with Crippen molar-refractivity contribution in [3.05, 3.63) is 35.6 Å². The number of urea groups is 1. The molecule has 0 aliphatic heterocycles. The van der Waals surface area contributed by atoms with Crippen molar-refractivity contribution in [2.45, 2.75) is 44.7 Å². The lowest BCUT2D eigenvalue weighted by Crippen LogP contribution is -2.49. The van der Waals surface area contributed by atoms with E-state index in [1.54, 1.807) is 18.2 Å². The molecule has 1 aromatic carbocycles. The van der Waals surface area contributed by atoms with Gasteiger partial charge in [0.25, 0.3) is 0 Å². The van der Waals surface area contributed by atoms with Gasteiger partial charge in [0.15, 0.2) is 0 Å². The first kappa shape index (κ1) is 12.9. The molecule has 0 saturated heterocycles. The van der Waals surface area contributed by atoms with E-state index in [1.165, 1.54) is 6.07 Å². The molecule has 1 fully saturated rings. The number of amides is 2. The Morgan fingerprint density at radius 3 is 2.39 bits per heavy atom. The maximum atomic E-state index is 13.7. The zero-order valence-corrected chi connectivity index (χ0v) is 11.0. The number of benzene rings is 1. The molecule has 2 amide bonds. The highest BCUT2D eigenvalue weighted by atomic mass is 19.1. The second-order valence-electron chi connectivity index (χ2n) is 5.89. The molecule has 1 aliphatic rings. The predicted molar refractivity (Wildman–Crippen MR) is 68.7 cm³/mol. The van der Waals surface area contributed by atoms with Gasteiger partial charge in [-0.1, -0.05) is 18.2 Å². The van der Waals surface area contributed by atoms with E-state index in [2.05, 4.69) is 10.6 Å². The van der Waals surface area contributed by atoms with Gasteiger partial charge >= 0.3 is 6.03 Å². The van der Waals surface area contributed by atoms with E-state index in [9.17, 15) is 9.18 Å². The summed E-state index contributed by atoms with van der Waals surface area (Å²) in [5, 5.41) is 5.72. The predicted octanol–water partition coefficient (Wildman–Crippen LogP) is 2.91. The number of carbonyl (C=O) groups excluding carboxylic acids is 1. The highest BCUT2D eigenvalue weighted by molar-refractivity contribution is 5.76. The molecule has 18 heavy (non-hydrogen) atoms. The Morgan fingerprint density at radius 1 is 1.28 bits per heavy atom. The minimum atomic E-state index is -0.513.